The molecule has 2 aliphatic rings. The molecule has 1 aromatic carbocycles. The highest BCUT2D eigenvalue weighted by Gasteiger charge is 2.29. The smallest absolute Gasteiger partial charge is 0.294 e. The van der Waals surface area contributed by atoms with E-state index in [0.29, 0.717) is 18.2 Å². The number of hydrogen-bond acceptors (Lipinski definition) is 8. The number of anilines is 4. The van der Waals surface area contributed by atoms with Crippen LogP contribution in [0.5, 0.6) is 0 Å². The highest BCUT2D eigenvalue weighted by atomic mass is 35.5. The molecule has 4 rings (SSSR count). The van der Waals surface area contributed by atoms with Gasteiger partial charge in [0.2, 0.25) is 11.9 Å². The van der Waals surface area contributed by atoms with Crippen molar-refractivity contribution in [3.05, 3.63) is 39.6 Å². The number of piperidine rings is 1. The third-order valence-electron chi connectivity index (χ3n) is 5.73. The van der Waals surface area contributed by atoms with E-state index in [1.807, 2.05) is 0 Å². The molecule has 0 saturated carbocycles. The molecule has 1 aliphatic carbocycles. The zero-order chi connectivity index (χ0) is 21.3. The van der Waals surface area contributed by atoms with Gasteiger partial charge in [0, 0.05) is 37.5 Å². The summed E-state index contributed by atoms with van der Waals surface area (Å²) < 4.78 is 0. The van der Waals surface area contributed by atoms with Gasteiger partial charge >= 0.3 is 0 Å². The van der Waals surface area contributed by atoms with E-state index in [2.05, 4.69) is 20.5 Å². The Bertz CT molecular complexity index is 1000. The van der Waals surface area contributed by atoms with Crippen molar-refractivity contribution in [3.8, 4) is 0 Å². The van der Waals surface area contributed by atoms with E-state index >= 15 is 0 Å². The first kappa shape index (κ1) is 22.5. The lowest BCUT2D eigenvalue weighted by Gasteiger charge is -2.34. The van der Waals surface area contributed by atoms with Crippen LogP contribution in [0.3, 0.4) is 0 Å². The number of halogens is 1. The van der Waals surface area contributed by atoms with Crippen LogP contribution in [-0.4, -0.2) is 40.9 Å². The molecule has 2 aromatic rings. The molecule has 31 heavy (non-hydrogen) atoms. The number of aromatic nitrogens is 2. The van der Waals surface area contributed by atoms with Crippen molar-refractivity contribution in [1.82, 2.24) is 15.3 Å². The van der Waals surface area contributed by atoms with Crippen LogP contribution in [-0.2, 0) is 17.6 Å². The molecule has 11 heteroatoms. The number of nitrogens with one attached hydrogen (secondary N) is 2. The summed E-state index contributed by atoms with van der Waals surface area (Å²) in [4.78, 5) is 34.4. The average molecular weight is 448 g/mol. The zero-order valence-corrected chi connectivity index (χ0v) is 18.1. The number of nitro benzene ring substituents is 1. The summed E-state index contributed by atoms with van der Waals surface area (Å²) in [5, 5.41) is 17.0. The standard InChI is InChI=1S/C20H25N7O3.ClH/c1-22-19(28)12-4-3-9-26(11-12)18-14-5-2-6-16(14)24-20(25-18)23-13-7-8-15(21)17(10-13)27(29)30;/h7-8,10,12H,2-6,9,11,21H2,1H3,(H,22,28)(H,23,24,25);1H/t12-;/m1./s1. The van der Waals surface area contributed by atoms with E-state index in [-0.39, 0.29) is 35.6 Å². The molecule has 1 fully saturated rings. The van der Waals surface area contributed by atoms with Gasteiger partial charge in [0.05, 0.1) is 16.5 Å². The molecule has 0 bridgehead atoms. The topological polar surface area (TPSA) is 139 Å². The van der Waals surface area contributed by atoms with Crippen LogP contribution in [0, 0.1) is 16.0 Å². The van der Waals surface area contributed by atoms with Gasteiger partial charge in [-0.1, -0.05) is 0 Å². The Morgan fingerprint density at radius 3 is 2.84 bits per heavy atom. The number of amides is 1. The number of nitrogens with zero attached hydrogens (tertiary/aromatic N) is 4. The lowest BCUT2D eigenvalue weighted by Crippen LogP contribution is -2.43. The summed E-state index contributed by atoms with van der Waals surface area (Å²) in [5.74, 6) is 1.25. The molecule has 1 aliphatic heterocycles. The van der Waals surface area contributed by atoms with Crippen LogP contribution in [0.4, 0.5) is 28.8 Å². The maximum Gasteiger partial charge on any atom is 0.294 e. The molecule has 0 spiro atoms. The Morgan fingerprint density at radius 1 is 1.29 bits per heavy atom. The summed E-state index contributed by atoms with van der Waals surface area (Å²) in [6.45, 7) is 1.46. The van der Waals surface area contributed by atoms with Gasteiger partial charge in [-0.05, 0) is 44.2 Å². The predicted molar refractivity (Wildman–Crippen MR) is 121 cm³/mol. The van der Waals surface area contributed by atoms with Gasteiger partial charge in [0.15, 0.2) is 0 Å². The van der Waals surface area contributed by atoms with Crippen LogP contribution < -0.4 is 21.3 Å². The van der Waals surface area contributed by atoms with Crippen molar-refractivity contribution >= 4 is 47.1 Å². The summed E-state index contributed by atoms with van der Waals surface area (Å²) in [6.07, 6.45) is 4.58. The molecule has 1 atom stereocenters. The number of carbonyl (C=O) groups excluding carboxylic acids is 1. The molecule has 0 unspecified atom stereocenters. The van der Waals surface area contributed by atoms with Crippen LogP contribution in [0.25, 0.3) is 0 Å². The first-order chi connectivity index (χ1) is 14.5. The van der Waals surface area contributed by atoms with E-state index in [1.165, 1.54) is 12.1 Å². The van der Waals surface area contributed by atoms with Gasteiger partial charge in [0.1, 0.15) is 11.5 Å². The van der Waals surface area contributed by atoms with Gasteiger partial charge in [-0.2, -0.15) is 4.98 Å². The van der Waals surface area contributed by atoms with E-state index in [4.69, 9.17) is 10.7 Å². The highest BCUT2D eigenvalue weighted by Crippen LogP contribution is 2.34. The molecule has 1 aromatic heterocycles. The number of nitro groups is 1. The molecule has 1 saturated heterocycles. The minimum Gasteiger partial charge on any atom is -0.393 e. The number of benzene rings is 1. The van der Waals surface area contributed by atoms with E-state index in [9.17, 15) is 14.9 Å². The Hall–Kier alpha value is -3.14. The molecule has 166 valence electrons. The molecule has 4 N–H and O–H groups in total. The van der Waals surface area contributed by atoms with Crippen molar-refractivity contribution in [1.29, 1.82) is 0 Å². The average Bonchev–Trinajstić information content (AvgIpc) is 3.22. The lowest BCUT2D eigenvalue weighted by atomic mass is 9.97. The first-order valence-corrected chi connectivity index (χ1v) is 10.1. The second-order valence-electron chi connectivity index (χ2n) is 7.70. The number of nitrogens with two attached hydrogens (primary N) is 1. The second kappa shape index (κ2) is 9.34. The molecule has 1 amide bonds. The fourth-order valence-corrected chi connectivity index (χ4v) is 4.23. The van der Waals surface area contributed by atoms with Crippen molar-refractivity contribution in [2.75, 3.05) is 36.1 Å². The maximum atomic E-state index is 12.2. The predicted octanol–water partition coefficient (Wildman–Crippen LogP) is 2.58. The quantitative estimate of drug-likeness (QED) is 0.361. The fourth-order valence-electron chi connectivity index (χ4n) is 4.23. The van der Waals surface area contributed by atoms with Crippen LogP contribution in [0.15, 0.2) is 18.2 Å². The summed E-state index contributed by atoms with van der Waals surface area (Å²) in [7, 11) is 1.66. The summed E-state index contributed by atoms with van der Waals surface area (Å²) >= 11 is 0. The minimum atomic E-state index is -0.512. The first-order valence-electron chi connectivity index (χ1n) is 10.1. The number of aryl methyl sites for hydroxylation is 1. The van der Waals surface area contributed by atoms with Crippen molar-refractivity contribution in [2.45, 2.75) is 32.1 Å². The third-order valence-corrected chi connectivity index (χ3v) is 5.73. The molecular formula is C20H26ClN7O3. The molecular weight excluding hydrogens is 422 g/mol. The largest absolute Gasteiger partial charge is 0.393 e. The second-order valence-corrected chi connectivity index (χ2v) is 7.70. The van der Waals surface area contributed by atoms with Crippen LogP contribution in [0.2, 0.25) is 0 Å². The van der Waals surface area contributed by atoms with Crippen molar-refractivity contribution < 1.29 is 9.72 Å². The van der Waals surface area contributed by atoms with Crippen molar-refractivity contribution in [3.63, 3.8) is 0 Å². The number of carbonyl (C=O) groups is 1. The fraction of sp³-hybridized carbons (Fsp3) is 0.450. The number of rotatable bonds is 5. The maximum absolute atomic E-state index is 12.2. The summed E-state index contributed by atoms with van der Waals surface area (Å²) in [5.41, 5.74) is 8.27. The molecule has 0 radical (unpaired) electrons. The monoisotopic (exact) mass is 447 g/mol. The van der Waals surface area contributed by atoms with Crippen LogP contribution in [0.1, 0.15) is 30.5 Å². The van der Waals surface area contributed by atoms with Gasteiger partial charge in [0.25, 0.3) is 5.69 Å². The SMILES string of the molecule is CNC(=O)[C@@H]1CCCN(c2nc(Nc3ccc(N)c([N+](=O)[O-])c3)nc3c2CCC3)C1.Cl. The third kappa shape index (κ3) is 4.63. The molecule has 2 heterocycles. The van der Waals surface area contributed by atoms with E-state index < -0.39 is 4.92 Å². The van der Waals surface area contributed by atoms with Gasteiger partial charge in [-0.3, -0.25) is 14.9 Å². The van der Waals surface area contributed by atoms with E-state index in [1.54, 1.807) is 13.1 Å². The van der Waals surface area contributed by atoms with Gasteiger partial charge in [-0.25, -0.2) is 4.98 Å². The zero-order valence-electron chi connectivity index (χ0n) is 17.3. The van der Waals surface area contributed by atoms with Gasteiger partial charge in [-0.15, -0.1) is 12.4 Å². The Balaban J connectivity index is 0.00000272. The molecule has 10 nitrogen and oxygen atoms in total. The Labute approximate surface area is 186 Å². The highest BCUT2D eigenvalue weighted by molar-refractivity contribution is 5.85. The van der Waals surface area contributed by atoms with E-state index in [0.717, 1.165) is 55.7 Å². The lowest BCUT2D eigenvalue weighted by molar-refractivity contribution is -0.383. The van der Waals surface area contributed by atoms with Crippen molar-refractivity contribution in [2.24, 2.45) is 5.92 Å². The number of hydrogen-bond donors (Lipinski definition) is 3. The minimum absolute atomic E-state index is 0. The Kier molecular flexibility index (Phi) is 6.79. The Morgan fingerprint density at radius 2 is 2.10 bits per heavy atom. The van der Waals surface area contributed by atoms with Gasteiger partial charge < -0.3 is 21.3 Å². The summed E-state index contributed by atoms with van der Waals surface area (Å²) in [6, 6.07) is 4.54. The normalized spacial score (nSPS) is 17.5. The number of fused-ring (bicyclic) bond motifs is 1. The van der Waals surface area contributed by atoms with Crippen LogP contribution >= 0.6 is 12.4 Å². The number of nitrogen functional groups attached to an aromatic ring is 1.